The molecule has 5 nitrogen and oxygen atoms in total. The maximum Gasteiger partial charge on any atom is 0.261 e. The van der Waals surface area contributed by atoms with E-state index >= 15 is 0 Å². The molecule has 1 aliphatic rings. The minimum absolute atomic E-state index is 0.0346. The van der Waals surface area contributed by atoms with Crippen molar-refractivity contribution in [3.8, 4) is 11.5 Å². The molecular weight excluding hydrogens is 282 g/mol. The SMILES string of the molecule is O=C(c1c(O)cccc1O)N1CCC(OCCCl)CC1. The molecule has 0 atom stereocenters. The van der Waals surface area contributed by atoms with Gasteiger partial charge in [0.2, 0.25) is 0 Å². The molecule has 2 rings (SSSR count). The Labute approximate surface area is 122 Å². The van der Waals surface area contributed by atoms with Crippen molar-refractivity contribution in [2.24, 2.45) is 0 Å². The molecule has 110 valence electrons. The van der Waals surface area contributed by atoms with E-state index < -0.39 is 0 Å². The third kappa shape index (κ3) is 3.35. The minimum atomic E-state index is -0.351. The number of aromatic hydroxyl groups is 2. The lowest BCUT2D eigenvalue weighted by Crippen LogP contribution is -2.41. The number of likely N-dealkylation sites (tertiary alicyclic amines) is 1. The molecule has 1 aliphatic heterocycles. The average molecular weight is 300 g/mol. The second kappa shape index (κ2) is 6.81. The van der Waals surface area contributed by atoms with Crippen LogP contribution in [0.2, 0.25) is 0 Å². The van der Waals surface area contributed by atoms with Gasteiger partial charge >= 0.3 is 0 Å². The van der Waals surface area contributed by atoms with Crippen molar-refractivity contribution in [3.63, 3.8) is 0 Å². The maximum absolute atomic E-state index is 12.3. The normalized spacial score (nSPS) is 16.4. The number of amides is 1. The van der Waals surface area contributed by atoms with Gasteiger partial charge in [0.05, 0.1) is 12.7 Å². The van der Waals surface area contributed by atoms with Crippen molar-refractivity contribution < 1.29 is 19.7 Å². The van der Waals surface area contributed by atoms with Gasteiger partial charge in [0.1, 0.15) is 17.1 Å². The number of nitrogens with zero attached hydrogens (tertiary/aromatic N) is 1. The molecule has 1 fully saturated rings. The second-order valence-electron chi connectivity index (χ2n) is 4.72. The quantitative estimate of drug-likeness (QED) is 0.834. The van der Waals surface area contributed by atoms with Gasteiger partial charge in [-0.3, -0.25) is 4.79 Å². The van der Waals surface area contributed by atoms with E-state index in [-0.39, 0.29) is 29.1 Å². The first-order chi connectivity index (χ1) is 9.63. The lowest BCUT2D eigenvalue weighted by Gasteiger charge is -2.32. The molecule has 1 heterocycles. The first-order valence-corrected chi connectivity index (χ1v) is 7.14. The Balaban J connectivity index is 1.98. The molecule has 1 amide bonds. The van der Waals surface area contributed by atoms with Crippen LogP contribution in [0.5, 0.6) is 11.5 Å². The van der Waals surface area contributed by atoms with Crippen LogP contribution < -0.4 is 0 Å². The molecule has 0 saturated carbocycles. The topological polar surface area (TPSA) is 70.0 Å². The smallest absolute Gasteiger partial charge is 0.261 e. The molecule has 1 aromatic carbocycles. The molecule has 0 unspecified atom stereocenters. The summed E-state index contributed by atoms with van der Waals surface area (Å²) in [7, 11) is 0. The van der Waals surface area contributed by atoms with Gasteiger partial charge < -0.3 is 19.8 Å². The van der Waals surface area contributed by atoms with Crippen molar-refractivity contribution >= 4 is 17.5 Å². The van der Waals surface area contributed by atoms with Crippen LogP contribution in [0.25, 0.3) is 0 Å². The standard InChI is InChI=1S/C14H18ClNO4/c15-6-9-20-10-4-7-16(8-5-10)14(19)13-11(17)2-1-3-12(13)18/h1-3,10,17-18H,4-9H2. The van der Waals surface area contributed by atoms with E-state index in [0.29, 0.717) is 25.6 Å². The number of halogens is 1. The number of ether oxygens (including phenoxy) is 1. The Bertz CT molecular complexity index is 452. The molecule has 2 N–H and O–H groups in total. The van der Waals surface area contributed by atoms with Crippen LogP contribution >= 0.6 is 11.6 Å². The summed E-state index contributed by atoms with van der Waals surface area (Å²) in [4.78, 5) is 13.9. The summed E-state index contributed by atoms with van der Waals surface area (Å²) in [5, 5.41) is 19.4. The number of phenols is 2. The number of piperidine rings is 1. The zero-order valence-corrected chi connectivity index (χ0v) is 11.8. The van der Waals surface area contributed by atoms with Gasteiger partial charge in [0.15, 0.2) is 0 Å². The Hall–Kier alpha value is -1.46. The molecule has 0 aromatic heterocycles. The number of carbonyl (C=O) groups is 1. The maximum atomic E-state index is 12.3. The summed E-state index contributed by atoms with van der Waals surface area (Å²) < 4.78 is 5.54. The van der Waals surface area contributed by atoms with Crippen molar-refractivity contribution in [1.82, 2.24) is 4.90 Å². The molecular formula is C14H18ClNO4. The molecule has 0 bridgehead atoms. The van der Waals surface area contributed by atoms with E-state index in [4.69, 9.17) is 16.3 Å². The fourth-order valence-electron chi connectivity index (χ4n) is 2.34. The van der Waals surface area contributed by atoms with Crippen molar-refractivity contribution in [1.29, 1.82) is 0 Å². The Morgan fingerprint density at radius 2 is 1.90 bits per heavy atom. The second-order valence-corrected chi connectivity index (χ2v) is 5.10. The van der Waals surface area contributed by atoms with Crippen LogP contribution in [0.4, 0.5) is 0 Å². The van der Waals surface area contributed by atoms with Crippen LogP contribution in [0.15, 0.2) is 18.2 Å². The summed E-state index contributed by atoms with van der Waals surface area (Å²) in [6.07, 6.45) is 1.59. The summed E-state index contributed by atoms with van der Waals surface area (Å²) in [6, 6.07) is 4.28. The van der Waals surface area contributed by atoms with E-state index in [1.165, 1.54) is 18.2 Å². The van der Waals surface area contributed by atoms with Crippen LogP contribution in [0, 0.1) is 0 Å². The largest absolute Gasteiger partial charge is 0.507 e. The number of hydrogen-bond acceptors (Lipinski definition) is 4. The lowest BCUT2D eigenvalue weighted by molar-refractivity contribution is 0.0152. The van der Waals surface area contributed by atoms with E-state index in [1.807, 2.05) is 0 Å². The highest BCUT2D eigenvalue weighted by atomic mass is 35.5. The molecule has 0 spiro atoms. The minimum Gasteiger partial charge on any atom is -0.507 e. The van der Waals surface area contributed by atoms with Gasteiger partial charge in [-0.2, -0.15) is 0 Å². The number of alkyl halides is 1. The van der Waals surface area contributed by atoms with Crippen molar-refractivity contribution in [2.45, 2.75) is 18.9 Å². The number of carbonyl (C=O) groups excluding carboxylic acids is 1. The van der Waals surface area contributed by atoms with E-state index in [2.05, 4.69) is 0 Å². The number of hydrogen-bond donors (Lipinski definition) is 2. The highest BCUT2D eigenvalue weighted by molar-refractivity contribution is 6.17. The van der Waals surface area contributed by atoms with Gasteiger partial charge in [-0.05, 0) is 25.0 Å². The summed E-state index contributed by atoms with van der Waals surface area (Å²) in [5.74, 6) is -0.285. The zero-order chi connectivity index (χ0) is 14.5. The fraction of sp³-hybridized carbons (Fsp3) is 0.500. The highest BCUT2D eigenvalue weighted by Gasteiger charge is 2.27. The van der Waals surface area contributed by atoms with Gasteiger partial charge in [-0.15, -0.1) is 11.6 Å². The highest BCUT2D eigenvalue weighted by Crippen LogP contribution is 2.28. The van der Waals surface area contributed by atoms with E-state index in [0.717, 1.165) is 12.8 Å². The Morgan fingerprint density at radius 3 is 2.45 bits per heavy atom. The molecule has 1 aromatic rings. The Kier molecular flexibility index (Phi) is 5.09. The first kappa shape index (κ1) is 14.9. The first-order valence-electron chi connectivity index (χ1n) is 6.61. The predicted octanol–water partition coefficient (Wildman–Crippen LogP) is 1.96. The lowest BCUT2D eigenvalue weighted by atomic mass is 10.1. The molecule has 0 aliphatic carbocycles. The monoisotopic (exact) mass is 299 g/mol. The summed E-state index contributed by atoms with van der Waals surface area (Å²) in [5.41, 5.74) is -0.0346. The molecule has 6 heteroatoms. The number of phenolic OH excluding ortho intramolecular Hbond substituents is 2. The number of benzene rings is 1. The van der Waals surface area contributed by atoms with Crippen LogP contribution in [0.3, 0.4) is 0 Å². The van der Waals surface area contributed by atoms with Crippen molar-refractivity contribution in [2.75, 3.05) is 25.6 Å². The van der Waals surface area contributed by atoms with Crippen LogP contribution in [-0.2, 0) is 4.74 Å². The molecule has 1 saturated heterocycles. The van der Waals surface area contributed by atoms with Gasteiger partial charge in [-0.1, -0.05) is 6.07 Å². The molecule has 20 heavy (non-hydrogen) atoms. The third-order valence-corrected chi connectivity index (χ3v) is 3.55. The van der Waals surface area contributed by atoms with Gasteiger partial charge in [0, 0.05) is 19.0 Å². The fourth-order valence-corrected chi connectivity index (χ4v) is 2.43. The van der Waals surface area contributed by atoms with Crippen molar-refractivity contribution in [3.05, 3.63) is 23.8 Å². The Morgan fingerprint density at radius 1 is 1.30 bits per heavy atom. The van der Waals surface area contributed by atoms with Gasteiger partial charge in [-0.25, -0.2) is 0 Å². The third-order valence-electron chi connectivity index (χ3n) is 3.39. The summed E-state index contributed by atoms with van der Waals surface area (Å²) >= 11 is 5.57. The zero-order valence-electron chi connectivity index (χ0n) is 11.1. The van der Waals surface area contributed by atoms with Gasteiger partial charge in [0.25, 0.3) is 5.91 Å². The number of rotatable bonds is 4. The predicted molar refractivity (Wildman–Crippen MR) is 75.4 cm³/mol. The van der Waals surface area contributed by atoms with Crippen LogP contribution in [-0.4, -0.2) is 52.7 Å². The average Bonchev–Trinajstić information content (AvgIpc) is 2.45. The van der Waals surface area contributed by atoms with E-state index in [1.54, 1.807) is 4.90 Å². The summed E-state index contributed by atoms with van der Waals surface area (Å²) in [6.45, 7) is 1.60. The van der Waals surface area contributed by atoms with Crippen LogP contribution in [0.1, 0.15) is 23.2 Å². The van der Waals surface area contributed by atoms with E-state index in [9.17, 15) is 15.0 Å². The molecule has 0 radical (unpaired) electrons.